The van der Waals surface area contributed by atoms with E-state index in [0.717, 1.165) is 0 Å². The standard InChI is InChI=1S/C11H19N3O3S/c1-2-9(15)5-6-14-8-3-4-11(10(12)7-8)18(13,16)17/h3-4,7,9,14-15H,2,5-6,12H2,1H3,(H2,13,16,17). The summed E-state index contributed by atoms with van der Waals surface area (Å²) < 4.78 is 22.3. The van der Waals surface area contributed by atoms with Gasteiger partial charge in [0, 0.05) is 12.2 Å². The highest BCUT2D eigenvalue weighted by molar-refractivity contribution is 7.89. The van der Waals surface area contributed by atoms with Gasteiger partial charge in [0.1, 0.15) is 4.90 Å². The highest BCUT2D eigenvalue weighted by atomic mass is 32.2. The monoisotopic (exact) mass is 273 g/mol. The lowest BCUT2D eigenvalue weighted by Crippen LogP contribution is -2.15. The number of aliphatic hydroxyl groups excluding tert-OH is 1. The van der Waals surface area contributed by atoms with Gasteiger partial charge in [-0.05, 0) is 31.0 Å². The Bertz CT molecular complexity index is 502. The zero-order chi connectivity index (χ0) is 13.8. The number of benzene rings is 1. The molecular weight excluding hydrogens is 254 g/mol. The van der Waals surface area contributed by atoms with Crippen molar-refractivity contribution in [3.05, 3.63) is 18.2 Å². The SMILES string of the molecule is CCC(O)CCNc1ccc(S(N)(=O)=O)c(N)c1. The first-order chi connectivity index (χ1) is 8.34. The molecule has 0 saturated heterocycles. The molecule has 0 radical (unpaired) electrons. The Kier molecular flexibility index (Phi) is 4.94. The molecule has 0 aromatic heterocycles. The van der Waals surface area contributed by atoms with Crippen molar-refractivity contribution in [3.63, 3.8) is 0 Å². The average molecular weight is 273 g/mol. The van der Waals surface area contributed by atoms with E-state index in [1.807, 2.05) is 6.92 Å². The first kappa shape index (κ1) is 14.7. The first-order valence-corrected chi connectivity index (χ1v) is 7.23. The van der Waals surface area contributed by atoms with E-state index in [1.165, 1.54) is 12.1 Å². The fourth-order valence-corrected chi connectivity index (χ4v) is 2.15. The Morgan fingerprint density at radius 2 is 2.11 bits per heavy atom. The van der Waals surface area contributed by atoms with E-state index in [0.29, 0.717) is 25.1 Å². The first-order valence-electron chi connectivity index (χ1n) is 5.69. The van der Waals surface area contributed by atoms with Gasteiger partial charge in [-0.1, -0.05) is 6.92 Å². The maximum absolute atomic E-state index is 11.2. The summed E-state index contributed by atoms with van der Waals surface area (Å²) in [6.45, 7) is 2.49. The molecule has 6 N–H and O–H groups in total. The Labute approximate surface area is 107 Å². The second-order valence-electron chi connectivity index (χ2n) is 4.08. The van der Waals surface area contributed by atoms with Gasteiger partial charge < -0.3 is 16.2 Å². The number of sulfonamides is 1. The lowest BCUT2D eigenvalue weighted by atomic mass is 10.2. The van der Waals surface area contributed by atoms with Crippen molar-refractivity contribution in [2.45, 2.75) is 30.8 Å². The van der Waals surface area contributed by atoms with Crippen LogP contribution in [0.3, 0.4) is 0 Å². The van der Waals surface area contributed by atoms with E-state index in [4.69, 9.17) is 10.9 Å². The minimum Gasteiger partial charge on any atom is -0.398 e. The minimum atomic E-state index is -3.78. The fourth-order valence-electron chi connectivity index (χ4n) is 1.50. The summed E-state index contributed by atoms with van der Waals surface area (Å²) in [6, 6.07) is 4.47. The van der Waals surface area contributed by atoms with E-state index in [9.17, 15) is 13.5 Å². The van der Waals surface area contributed by atoms with Crippen molar-refractivity contribution in [1.82, 2.24) is 0 Å². The van der Waals surface area contributed by atoms with Crippen LogP contribution in [0, 0.1) is 0 Å². The van der Waals surface area contributed by atoms with Crippen LogP contribution in [0.15, 0.2) is 23.1 Å². The Morgan fingerprint density at radius 3 is 2.61 bits per heavy atom. The average Bonchev–Trinajstić information content (AvgIpc) is 2.27. The maximum Gasteiger partial charge on any atom is 0.240 e. The Balaban J connectivity index is 2.68. The summed E-state index contributed by atoms with van der Waals surface area (Å²) in [6.07, 6.45) is 0.986. The molecule has 1 unspecified atom stereocenters. The topological polar surface area (TPSA) is 118 Å². The molecule has 0 amide bonds. The highest BCUT2D eigenvalue weighted by Crippen LogP contribution is 2.21. The second-order valence-corrected chi connectivity index (χ2v) is 5.60. The van der Waals surface area contributed by atoms with Crippen LogP contribution in [-0.2, 0) is 10.0 Å². The molecule has 1 atom stereocenters. The number of anilines is 2. The van der Waals surface area contributed by atoms with Gasteiger partial charge in [-0.25, -0.2) is 13.6 Å². The van der Waals surface area contributed by atoms with Gasteiger partial charge in [0.15, 0.2) is 0 Å². The minimum absolute atomic E-state index is 0.0818. The van der Waals surface area contributed by atoms with Gasteiger partial charge in [-0.15, -0.1) is 0 Å². The molecule has 7 heteroatoms. The summed E-state index contributed by atoms with van der Waals surface area (Å²) in [7, 11) is -3.78. The van der Waals surface area contributed by atoms with Crippen molar-refractivity contribution in [1.29, 1.82) is 0 Å². The van der Waals surface area contributed by atoms with Gasteiger partial charge in [-0.3, -0.25) is 0 Å². The third-order valence-corrected chi connectivity index (χ3v) is 3.58. The van der Waals surface area contributed by atoms with Crippen LogP contribution >= 0.6 is 0 Å². The van der Waals surface area contributed by atoms with E-state index in [1.54, 1.807) is 6.07 Å². The molecule has 0 saturated carbocycles. The van der Waals surface area contributed by atoms with Gasteiger partial charge in [0.05, 0.1) is 11.8 Å². The molecule has 1 aromatic rings. The Hall–Kier alpha value is -1.31. The Morgan fingerprint density at radius 1 is 1.44 bits per heavy atom. The number of hydrogen-bond acceptors (Lipinski definition) is 5. The number of hydrogen-bond donors (Lipinski definition) is 4. The van der Waals surface area contributed by atoms with Crippen molar-refractivity contribution in [2.24, 2.45) is 5.14 Å². The maximum atomic E-state index is 11.2. The summed E-state index contributed by atoms with van der Waals surface area (Å²) in [4.78, 5) is -0.0818. The van der Waals surface area contributed by atoms with Crippen LogP contribution in [-0.4, -0.2) is 26.2 Å². The molecule has 0 spiro atoms. The van der Waals surface area contributed by atoms with Gasteiger partial charge in [0.25, 0.3) is 0 Å². The normalized spacial score (nSPS) is 13.3. The molecule has 0 aliphatic heterocycles. The van der Waals surface area contributed by atoms with Crippen LogP contribution < -0.4 is 16.2 Å². The lowest BCUT2D eigenvalue weighted by Gasteiger charge is -2.11. The van der Waals surface area contributed by atoms with Gasteiger partial charge in [0.2, 0.25) is 10.0 Å². The molecule has 0 aliphatic carbocycles. The zero-order valence-electron chi connectivity index (χ0n) is 10.3. The number of nitrogens with one attached hydrogen (secondary N) is 1. The predicted octanol–water partition coefficient (Wildman–Crippen LogP) is 0.489. The third kappa shape index (κ3) is 4.17. The van der Waals surface area contributed by atoms with E-state index < -0.39 is 10.0 Å². The van der Waals surface area contributed by atoms with E-state index in [2.05, 4.69) is 5.32 Å². The highest BCUT2D eigenvalue weighted by Gasteiger charge is 2.12. The molecule has 0 fully saturated rings. The number of aliphatic hydroxyl groups is 1. The van der Waals surface area contributed by atoms with Crippen LogP contribution in [0.2, 0.25) is 0 Å². The molecule has 18 heavy (non-hydrogen) atoms. The smallest absolute Gasteiger partial charge is 0.240 e. The quantitative estimate of drug-likeness (QED) is 0.562. The van der Waals surface area contributed by atoms with Gasteiger partial charge in [-0.2, -0.15) is 0 Å². The summed E-state index contributed by atoms with van der Waals surface area (Å²) >= 11 is 0. The molecule has 0 bridgehead atoms. The van der Waals surface area contributed by atoms with Crippen molar-refractivity contribution in [3.8, 4) is 0 Å². The van der Waals surface area contributed by atoms with Crippen molar-refractivity contribution in [2.75, 3.05) is 17.6 Å². The molecule has 1 rings (SSSR count). The summed E-state index contributed by atoms with van der Waals surface area (Å²) in [5.41, 5.74) is 6.42. The van der Waals surface area contributed by atoms with Crippen molar-refractivity contribution >= 4 is 21.4 Å². The number of rotatable bonds is 6. The number of nitrogens with two attached hydrogens (primary N) is 2. The molecule has 102 valence electrons. The third-order valence-electron chi connectivity index (χ3n) is 2.59. The van der Waals surface area contributed by atoms with Crippen molar-refractivity contribution < 1.29 is 13.5 Å². The molecule has 1 aromatic carbocycles. The van der Waals surface area contributed by atoms with E-state index in [-0.39, 0.29) is 16.7 Å². The largest absolute Gasteiger partial charge is 0.398 e. The van der Waals surface area contributed by atoms with Crippen LogP contribution in [0.25, 0.3) is 0 Å². The van der Waals surface area contributed by atoms with Crippen LogP contribution in [0.5, 0.6) is 0 Å². The second kappa shape index (κ2) is 6.03. The molecular formula is C11H19N3O3S. The number of primary sulfonamides is 1. The van der Waals surface area contributed by atoms with Crippen LogP contribution in [0.1, 0.15) is 19.8 Å². The summed E-state index contributed by atoms with van der Waals surface area (Å²) in [5, 5.41) is 17.4. The summed E-state index contributed by atoms with van der Waals surface area (Å²) in [5.74, 6) is 0. The number of nitrogen functional groups attached to an aromatic ring is 1. The van der Waals surface area contributed by atoms with E-state index >= 15 is 0 Å². The van der Waals surface area contributed by atoms with Gasteiger partial charge >= 0.3 is 0 Å². The molecule has 0 aliphatic rings. The lowest BCUT2D eigenvalue weighted by molar-refractivity contribution is 0.164. The predicted molar refractivity (Wildman–Crippen MR) is 71.6 cm³/mol. The molecule has 6 nitrogen and oxygen atoms in total. The molecule has 0 heterocycles. The fraction of sp³-hybridized carbons (Fsp3) is 0.455. The van der Waals surface area contributed by atoms with Crippen LogP contribution in [0.4, 0.5) is 11.4 Å². The zero-order valence-corrected chi connectivity index (χ0v) is 11.1.